The molecule has 0 atom stereocenters. The number of nitrogens with zero attached hydrogens (tertiary/aromatic N) is 7. The first-order valence-corrected chi connectivity index (χ1v) is 11.1. The lowest BCUT2D eigenvalue weighted by Crippen LogP contribution is -2.49. The van der Waals surface area contributed by atoms with Gasteiger partial charge in [-0.3, -0.25) is 4.79 Å². The molecule has 0 aliphatic carbocycles. The molecule has 0 N–H and O–H groups in total. The van der Waals surface area contributed by atoms with Crippen LogP contribution >= 0.6 is 0 Å². The largest absolute Gasteiger partial charge is 0.491 e. The maximum Gasteiger partial charge on any atom is 0.253 e. The Balaban J connectivity index is 1.30. The van der Waals surface area contributed by atoms with E-state index in [9.17, 15) is 9.18 Å². The number of benzene rings is 2. The third kappa shape index (κ3) is 4.26. The van der Waals surface area contributed by atoms with Crippen LogP contribution in [0.3, 0.4) is 0 Å². The zero-order valence-electron chi connectivity index (χ0n) is 18.9. The SMILES string of the molecule is CC(C)Oc1ccc(C(=O)N2CCN(c3ncnc4c3nnn4-c3cccc(F)c3)CC2)cc1. The molecular formula is C24H24FN7O2. The Morgan fingerprint density at radius 3 is 2.50 bits per heavy atom. The van der Waals surface area contributed by atoms with Crippen molar-refractivity contribution < 1.29 is 13.9 Å². The van der Waals surface area contributed by atoms with Crippen LogP contribution < -0.4 is 9.64 Å². The number of ether oxygens (including phenoxy) is 1. The molecule has 9 nitrogen and oxygen atoms in total. The van der Waals surface area contributed by atoms with Gasteiger partial charge in [0.15, 0.2) is 17.0 Å². The van der Waals surface area contributed by atoms with Gasteiger partial charge in [-0.25, -0.2) is 14.4 Å². The minimum absolute atomic E-state index is 0.0133. The predicted molar refractivity (Wildman–Crippen MR) is 125 cm³/mol. The topological polar surface area (TPSA) is 89.3 Å². The summed E-state index contributed by atoms with van der Waals surface area (Å²) in [5.41, 5.74) is 2.20. The standard InChI is InChI=1S/C24H24FN7O2/c1-16(2)34-20-8-6-17(7-9-20)24(33)31-12-10-30(11-13-31)22-21-23(27-15-26-22)32(29-28-21)19-5-3-4-18(25)14-19/h3-9,14-16H,10-13H2,1-2H3. The fourth-order valence-electron chi connectivity index (χ4n) is 4.00. The highest BCUT2D eigenvalue weighted by atomic mass is 19.1. The summed E-state index contributed by atoms with van der Waals surface area (Å²) >= 11 is 0. The highest BCUT2D eigenvalue weighted by molar-refractivity contribution is 5.94. The van der Waals surface area contributed by atoms with Gasteiger partial charge in [-0.05, 0) is 56.3 Å². The van der Waals surface area contributed by atoms with Crippen molar-refractivity contribution >= 4 is 22.9 Å². The Hall–Kier alpha value is -4.08. The van der Waals surface area contributed by atoms with Crippen LogP contribution in [0.2, 0.25) is 0 Å². The maximum atomic E-state index is 13.7. The van der Waals surface area contributed by atoms with E-state index >= 15 is 0 Å². The summed E-state index contributed by atoms with van der Waals surface area (Å²) in [5, 5.41) is 8.43. The number of carbonyl (C=O) groups is 1. The normalized spacial score (nSPS) is 14.1. The lowest BCUT2D eigenvalue weighted by Gasteiger charge is -2.35. The first-order valence-electron chi connectivity index (χ1n) is 11.1. The molecule has 0 radical (unpaired) electrons. The fourth-order valence-corrected chi connectivity index (χ4v) is 4.00. The fraction of sp³-hybridized carbons (Fsp3) is 0.292. The Morgan fingerprint density at radius 2 is 1.79 bits per heavy atom. The molecule has 1 fully saturated rings. The average Bonchev–Trinajstić information content (AvgIpc) is 3.28. The molecule has 1 aliphatic heterocycles. The third-order valence-electron chi connectivity index (χ3n) is 5.61. The van der Waals surface area contributed by atoms with Crippen molar-refractivity contribution in [2.24, 2.45) is 0 Å². The van der Waals surface area contributed by atoms with Crippen molar-refractivity contribution in [1.82, 2.24) is 29.9 Å². The van der Waals surface area contributed by atoms with Crippen LogP contribution in [0.1, 0.15) is 24.2 Å². The number of amides is 1. The van der Waals surface area contributed by atoms with Crippen LogP contribution in [0.4, 0.5) is 10.2 Å². The van der Waals surface area contributed by atoms with E-state index < -0.39 is 0 Å². The molecule has 0 bridgehead atoms. The Kier molecular flexibility index (Phi) is 5.79. The second-order valence-corrected chi connectivity index (χ2v) is 8.32. The van der Waals surface area contributed by atoms with Crippen LogP contribution in [0, 0.1) is 5.82 Å². The van der Waals surface area contributed by atoms with E-state index in [0.717, 1.165) is 5.75 Å². The molecule has 0 unspecified atom stereocenters. The summed E-state index contributed by atoms with van der Waals surface area (Å²) in [6, 6.07) is 13.3. The van der Waals surface area contributed by atoms with E-state index in [0.29, 0.717) is 54.4 Å². The van der Waals surface area contributed by atoms with Gasteiger partial charge < -0.3 is 14.5 Å². The zero-order chi connectivity index (χ0) is 23.7. The number of anilines is 1. The van der Waals surface area contributed by atoms with Crippen molar-refractivity contribution in [3.05, 3.63) is 66.2 Å². The quantitative estimate of drug-likeness (QED) is 0.451. The van der Waals surface area contributed by atoms with Gasteiger partial charge in [0.2, 0.25) is 0 Å². The lowest BCUT2D eigenvalue weighted by molar-refractivity contribution is 0.0746. The number of rotatable bonds is 5. The summed E-state index contributed by atoms with van der Waals surface area (Å²) in [5.74, 6) is 1.02. The summed E-state index contributed by atoms with van der Waals surface area (Å²) in [6.07, 6.45) is 1.54. The highest BCUT2D eigenvalue weighted by Crippen LogP contribution is 2.24. The molecule has 2 aromatic carbocycles. The Bertz CT molecular complexity index is 1310. The summed E-state index contributed by atoms with van der Waals surface area (Å²) < 4.78 is 20.8. The molecule has 1 aliphatic rings. The number of halogens is 1. The van der Waals surface area contributed by atoms with Crippen LogP contribution in [0.5, 0.6) is 5.75 Å². The van der Waals surface area contributed by atoms with E-state index in [1.54, 1.807) is 24.3 Å². The predicted octanol–water partition coefficient (Wildman–Crippen LogP) is 3.10. The second kappa shape index (κ2) is 9.05. The van der Waals surface area contributed by atoms with Crippen molar-refractivity contribution in [2.75, 3.05) is 31.1 Å². The smallest absolute Gasteiger partial charge is 0.253 e. The number of fused-ring (bicyclic) bond motifs is 1. The Morgan fingerprint density at radius 1 is 1.03 bits per heavy atom. The minimum atomic E-state index is -0.363. The van der Waals surface area contributed by atoms with Gasteiger partial charge in [0.25, 0.3) is 5.91 Å². The number of aromatic nitrogens is 5. The first kappa shape index (κ1) is 21.7. The molecule has 0 spiro atoms. The lowest BCUT2D eigenvalue weighted by atomic mass is 10.1. The van der Waals surface area contributed by atoms with Crippen molar-refractivity contribution in [3.8, 4) is 11.4 Å². The molecule has 2 aromatic heterocycles. The van der Waals surface area contributed by atoms with E-state index in [4.69, 9.17) is 4.74 Å². The molecule has 3 heterocycles. The summed E-state index contributed by atoms with van der Waals surface area (Å²) in [6.45, 7) is 6.22. The first-order chi connectivity index (χ1) is 16.5. The van der Waals surface area contributed by atoms with E-state index in [-0.39, 0.29) is 17.8 Å². The molecule has 5 rings (SSSR count). The molecule has 10 heteroatoms. The summed E-state index contributed by atoms with van der Waals surface area (Å²) in [7, 11) is 0. The molecule has 1 amide bonds. The van der Waals surface area contributed by atoms with E-state index in [1.807, 2.05) is 30.9 Å². The van der Waals surface area contributed by atoms with E-state index in [1.165, 1.54) is 23.1 Å². The number of hydrogen-bond donors (Lipinski definition) is 0. The highest BCUT2D eigenvalue weighted by Gasteiger charge is 2.25. The number of carbonyl (C=O) groups excluding carboxylic acids is 1. The van der Waals surface area contributed by atoms with Crippen molar-refractivity contribution in [2.45, 2.75) is 20.0 Å². The van der Waals surface area contributed by atoms with Crippen LogP contribution in [0.15, 0.2) is 54.9 Å². The Labute approximate surface area is 195 Å². The zero-order valence-corrected chi connectivity index (χ0v) is 18.9. The third-order valence-corrected chi connectivity index (χ3v) is 5.61. The van der Waals surface area contributed by atoms with Crippen molar-refractivity contribution in [3.63, 3.8) is 0 Å². The molecule has 0 saturated carbocycles. The summed E-state index contributed by atoms with van der Waals surface area (Å²) in [4.78, 5) is 25.6. The number of hydrogen-bond acceptors (Lipinski definition) is 7. The van der Waals surface area contributed by atoms with E-state index in [2.05, 4.69) is 25.2 Å². The average molecular weight is 462 g/mol. The minimum Gasteiger partial charge on any atom is -0.491 e. The number of piperazine rings is 1. The van der Waals surface area contributed by atoms with Crippen LogP contribution in [-0.2, 0) is 0 Å². The van der Waals surface area contributed by atoms with Gasteiger partial charge in [-0.15, -0.1) is 5.10 Å². The molecule has 1 saturated heterocycles. The van der Waals surface area contributed by atoms with Crippen molar-refractivity contribution in [1.29, 1.82) is 0 Å². The van der Waals surface area contributed by atoms with Crippen LogP contribution in [-0.4, -0.2) is 68.1 Å². The molecule has 34 heavy (non-hydrogen) atoms. The maximum absolute atomic E-state index is 13.7. The van der Waals surface area contributed by atoms with Gasteiger partial charge in [0, 0.05) is 31.7 Å². The van der Waals surface area contributed by atoms with Gasteiger partial charge in [0.1, 0.15) is 17.9 Å². The second-order valence-electron chi connectivity index (χ2n) is 8.32. The van der Waals surface area contributed by atoms with Crippen LogP contribution in [0.25, 0.3) is 16.9 Å². The van der Waals surface area contributed by atoms with Gasteiger partial charge in [-0.1, -0.05) is 11.3 Å². The molecule has 174 valence electrons. The van der Waals surface area contributed by atoms with Gasteiger partial charge >= 0.3 is 0 Å². The van der Waals surface area contributed by atoms with Gasteiger partial charge in [-0.2, -0.15) is 4.68 Å². The molecular weight excluding hydrogens is 437 g/mol. The van der Waals surface area contributed by atoms with Gasteiger partial charge in [0.05, 0.1) is 11.8 Å². The molecule has 4 aromatic rings. The monoisotopic (exact) mass is 461 g/mol.